The average Bonchev–Trinajstić information content (AvgIpc) is 2.66. The number of nitrogens with zero attached hydrogens (tertiary/aromatic N) is 1. The molecule has 4 nitrogen and oxygen atoms in total. The zero-order chi connectivity index (χ0) is 15.1. The Balaban J connectivity index is 1.84. The van der Waals surface area contributed by atoms with Gasteiger partial charge in [-0.15, -0.1) is 0 Å². The summed E-state index contributed by atoms with van der Waals surface area (Å²) in [6.07, 6.45) is 9.99. The lowest BCUT2D eigenvalue weighted by Crippen LogP contribution is -2.36. The summed E-state index contributed by atoms with van der Waals surface area (Å²) in [5.41, 5.74) is 0. The fourth-order valence-corrected chi connectivity index (χ4v) is 3.74. The van der Waals surface area contributed by atoms with Gasteiger partial charge in [-0.3, -0.25) is 9.79 Å². The van der Waals surface area contributed by atoms with Gasteiger partial charge in [0.2, 0.25) is 0 Å². The monoisotopic (exact) mass is 312 g/mol. The molecule has 0 spiro atoms. The first-order valence-corrected chi connectivity index (χ1v) is 9.14. The van der Waals surface area contributed by atoms with Crippen molar-refractivity contribution in [3.05, 3.63) is 0 Å². The van der Waals surface area contributed by atoms with Crippen LogP contribution in [0.4, 0.5) is 0 Å². The number of aliphatic imine (C=N–C) groups is 1. The van der Waals surface area contributed by atoms with Gasteiger partial charge in [0.25, 0.3) is 5.91 Å². The predicted octanol–water partition coefficient (Wildman–Crippen LogP) is 3.71. The molecule has 120 valence electrons. The molecule has 0 aromatic heterocycles. The molecule has 2 aliphatic rings. The molecule has 0 bridgehead atoms. The third kappa shape index (κ3) is 4.99. The lowest BCUT2D eigenvalue weighted by Gasteiger charge is -2.19. The number of amidine groups is 1. The summed E-state index contributed by atoms with van der Waals surface area (Å²) in [4.78, 5) is 15.9. The van der Waals surface area contributed by atoms with Crippen molar-refractivity contribution in [2.45, 2.75) is 70.1 Å². The van der Waals surface area contributed by atoms with Crippen LogP contribution in [0.1, 0.15) is 65.2 Å². The third-order valence-corrected chi connectivity index (χ3v) is 5.38. The Morgan fingerprint density at radius 2 is 2.05 bits per heavy atom. The maximum atomic E-state index is 12.1. The molecule has 1 unspecified atom stereocenters. The van der Waals surface area contributed by atoms with Gasteiger partial charge in [0, 0.05) is 13.2 Å². The van der Waals surface area contributed by atoms with Crippen molar-refractivity contribution in [1.82, 2.24) is 5.32 Å². The van der Waals surface area contributed by atoms with Gasteiger partial charge >= 0.3 is 0 Å². The van der Waals surface area contributed by atoms with Crippen LogP contribution in [-0.2, 0) is 9.53 Å². The van der Waals surface area contributed by atoms with Gasteiger partial charge in [-0.2, -0.15) is 0 Å². The van der Waals surface area contributed by atoms with Gasteiger partial charge in [0.05, 0.1) is 0 Å². The molecule has 0 aromatic carbocycles. The van der Waals surface area contributed by atoms with Crippen molar-refractivity contribution in [2.75, 3.05) is 13.2 Å². The van der Waals surface area contributed by atoms with E-state index >= 15 is 0 Å². The molecular weight excluding hydrogens is 284 g/mol. The minimum Gasteiger partial charge on any atom is -0.355 e. The number of amides is 1. The summed E-state index contributed by atoms with van der Waals surface area (Å²) in [5, 5.41) is 3.61. The Morgan fingerprint density at radius 3 is 2.71 bits per heavy atom. The first kappa shape index (κ1) is 16.8. The number of thioether (sulfide) groups is 1. The van der Waals surface area contributed by atoms with Crippen molar-refractivity contribution in [3.63, 3.8) is 0 Å². The van der Waals surface area contributed by atoms with Crippen LogP contribution in [-0.4, -0.2) is 29.2 Å². The van der Waals surface area contributed by atoms with E-state index in [9.17, 15) is 4.79 Å². The molecule has 1 amide bonds. The number of carbonyl (C=O) groups excluding carboxylic acids is 1. The molecule has 1 aliphatic carbocycles. The SMILES string of the molecule is CCCCOC1(C)SC(=NCC2CCCCCC2)NC1=O. The van der Waals surface area contributed by atoms with Crippen LogP contribution < -0.4 is 5.32 Å². The zero-order valence-electron chi connectivity index (χ0n) is 13.3. The van der Waals surface area contributed by atoms with Crippen LogP contribution in [0.5, 0.6) is 0 Å². The van der Waals surface area contributed by atoms with Crippen molar-refractivity contribution in [1.29, 1.82) is 0 Å². The second kappa shape index (κ2) is 8.18. The van der Waals surface area contributed by atoms with Crippen LogP contribution in [0, 0.1) is 5.92 Å². The number of hydrogen-bond acceptors (Lipinski definition) is 4. The van der Waals surface area contributed by atoms with Crippen molar-refractivity contribution in [3.8, 4) is 0 Å². The van der Waals surface area contributed by atoms with Crippen LogP contribution in [0.3, 0.4) is 0 Å². The summed E-state index contributed by atoms with van der Waals surface area (Å²) in [6.45, 7) is 5.43. The highest BCUT2D eigenvalue weighted by molar-refractivity contribution is 8.16. The van der Waals surface area contributed by atoms with E-state index in [1.165, 1.54) is 50.3 Å². The van der Waals surface area contributed by atoms with E-state index in [1.54, 1.807) is 0 Å². The standard InChI is InChI=1S/C16H28N2O2S/c1-3-4-11-20-16(2)14(19)18-15(21-16)17-12-13-9-7-5-6-8-10-13/h13H,3-12H2,1-2H3,(H,17,18,19). The number of hydrogen-bond donors (Lipinski definition) is 1. The van der Waals surface area contributed by atoms with E-state index in [4.69, 9.17) is 4.74 Å². The Bertz CT molecular complexity index is 378. The van der Waals surface area contributed by atoms with Crippen molar-refractivity contribution < 1.29 is 9.53 Å². The molecule has 2 fully saturated rings. The first-order valence-electron chi connectivity index (χ1n) is 8.33. The molecule has 1 atom stereocenters. The van der Waals surface area contributed by atoms with E-state index in [-0.39, 0.29) is 5.91 Å². The number of carbonyl (C=O) groups is 1. The smallest absolute Gasteiger partial charge is 0.268 e. The van der Waals surface area contributed by atoms with Gasteiger partial charge in [-0.05, 0) is 43.9 Å². The van der Waals surface area contributed by atoms with Crippen molar-refractivity contribution in [2.24, 2.45) is 10.9 Å². The molecule has 1 saturated carbocycles. The maximum absolute atomic E-state index is 12.1. The molecule has 1 N–H and O–H groups in total. The topological polar surface area (TPSA) is 50.7 Å². The molecule has 1 heterocycles. The van der Waals surface area contributed by atoms with E-state index in [0.29, 0.717) is 12.5 Å². The molecule has 2 rings (SSSR count). The van der Waals surface area contributed by atoms with Crippen LogP contribution in [0.15, 0.2) is 4.99 Å². The molecular formula is C16H28N2O2S. The van der Waals surface area contributed by atoms with Crippen LogP contribution in [0.2, 0.25) is 0 Å². The molecule has 1 saturated heterocycles. The quantitative estimate of drug-likeness (QED) is 0.601. The fraction of sp³-hybridized carbons (Fsp3) is 0.875. The Kier molecular flexibility index (Phi) is 6.55. The highest BCUT2D eigenvalue weighted by Gasteiger charge is 2.43. The summed E-state index contributed by atoms with van der Waals surface area (Å²) in [5.74, 6) is 0.619. The second-order valence-corrected chi connectivity index (χ2v) is 7.58. The highest BCUT2D eigenvalue weighted by atomic mass is 32.2. The number of unbranched alkanes of at least 4 members (excludes halogenated alkanes) is 1. The Labute approximate surface area is 132 Å². The van der Waals surface area contributed by atoms with Crippen LogP contribution in [0.25, 0.3) is 0 Å². The molecule has 1 aliphatic heterocycles. The predicted molar refractivity (Wildman–Crippen MR) is 88.5 cm³/mol. The van der Waals surface area contributed by atoms with Gasteiger partial charge < -0.3 is 10.1 Å². The number of ether oxygens (including phenoxy) is 1. The summed E-state index contributed by atoms with van der Waals surface area (Å²) in [7, 11) is 0. The summed E-state index contributed by atoms with van der Waals surface area (Å²) < 4.78 is 5.76. The Hall–Kier alpha value is -0.550. The van der Waals surface area contributed by atoms with E-state index in [1.807, 2.05) is 6.92 Å². The molecule has 0 aromatic rings. The highest BCUT2D eigenvalue weighted by Crippen LogP contribution is 2.33. The van der Waals surface area contributed by atoms with E-state index in [2.05, 4.69) is 17.2 Å². The van der Waals surface area contributed by atoms with Gasteiger partial charge in [0.1, 0.15) is 0 Å². The lowest BCUT2D eigenvalue weighted by atomic mass is 10.0. The largest absolute Gasteiger partial charge is 0.355 e. The Morgan fingerprint density at radius 1 is 1.33 bits per heavy atom. The lowest BCUT2D eigenvalue weighted by molar-refractivity contribution is -0.132. The zero-order valence-corrected chi connectivity index (χ0v) is 14.1. The summed E-state index contributed by atoms with van der Waals surface area (Å²) in [6, 6.07) is 0. The number of nitrogens with one attached hydrogen (secondary N) is 1. The second-order valence-electron chi connectivity index (χ2n) is 6.21. The normalized spacial score (nSPS) is 29.6. The van der Waals surface area contributed by atoms with Gasteiger partial charge in [0.15, 0.2) is 10.1 Å². The van der Waals surface area contributed by atoms with E-state index in [0.717, 1.165) is 24.6 Å². The summed E-state index contributed by atoms with van der Waals surface area (Å²) >= 11 is 1.43. The van der Waals surface area contributed by atoms with E-state index < -0.39 is 4.93 Å². The molecule has 5 heteroatoms. The third-order valence-electron chi connectivity index (χ3n) is 4.27. The van der Waals surface area contributed by atoms with Crippen LogP contribution >= 0.6 is 11.8 Å². The molecule has 21 heavy (non-hydrogen) atoms. The first-order chi connectivity index (χ1) is 10.1. The minimum atomic E-state index is -0.794. The minimum absolute atomic E-state index is 0.0665. The van der Waals surface area contributed by atoms with Gasteiger partial charge in [-0.1, -0.05) is 39.0 Å². The fourth-order valence-electron chi connectivity index (χ4n) is 2.80. The maximum Gasteiger partial charge on any atom is 0.268 e. The van der Waals surface area contributed by atoms with Crippen molar-refractivity contribution >= 4 is 22.8 Å². The molecule has 0 radical (unpaired) electrons. The number of rotatable bonds is 6. The van der Waals surface area contributed by atoms with Gasteiger partial charge in [-0.25, -0.2) is 0 Å². The average molecular weight is 312 g/mol.